The molecular weight excluding hydrogens is 442 g/mol. The van der Waals surface area contributed by atoms with Gasteiger partial charge in [-0.15, -0.1) is 0 Å². The van der Waals surface area contributed by atoms with Crippen molar-refractivity contribution in [1.29, 1.82) is 0 Å². The third-order valence-electron chi connectivity index (χ3n) is 6.15. The minimum Gasteiger partial charge on any atom is -0.367 e. The summed E-state index contributed by atoms with van der Waals surface area (Å²) in [5, 5.41) is 5.16. The molecule has 8 nitrogen and oxygen atoms in total. The summed E-state index contributed by atoms with van der Waals surface area (Å²) >= 11 is 0. The molecule has 0 radical (unpaired) electrons. The molecule has 1 fully saturated rings. The van der Waals surface area contributed by atoms with E-state index in [4.69, 9.17) is 14.2 Å². The maximum absolute atomic E-state index is 12.7. The quantitative estimate of drug-likeness (QED) is 0.382. The van der Waals surface area contributed by atoms with Crippen LogP contribution in [-0.4, -0.2) is 58.7 Å². The number of carbonyl (C=O) groups is 1. The Hall–Kier alpha value is -3.78. The summed E-state index contributed by atoms with van der Waals surface area (Å²) in [7, 11) is 0. The van der Waals surface area contributed by atoms with Crippen molar-refractivity contribution in [3.05, 3.63) is 72.1 Å². The molecule has 0 bridgehead atoms. The fourth-order valence-corrected chi connectivity index (χ4v) is 4.33. The van der Waals surface area contributed by atoms with Crippen molar-refractivity contribution in [2.45, 2.75) is 26.4 Å². The number of benzene rings is 2. The maximum Gasteiger partial charge on any atom is 0.263 e. The second kappa shape index (κ2) is 10.7. The van der Waals surface area contributed by atoms with E-state index in [1.54, 1.807) is 0 Å². The van der Waals surface area contributed by atoms with E-state index in [1.165, 1.54) is 0 Å². The Morgan fingerprint density at radius 1 is 0.971 bits per heavy atom. The van der Waals surface area contributed by atoms with Crippen LogP contribution in [0.15, 0.2) is 65.2 Å². The monoisotopic (exact) mass is 471 g/mol. The van der Waals surface area contributed by atoms with Crippen molar-refractivity contribution >= 4 is 22.8 Å². The van der Waals surface area contributed by atoms with Gasteiger partial charge < -0.3 is 19.1 Å². The van der Waals surface area contributed by atoms with Crippen LogP contribution in [0.2, 0.25) is 0 Å². The molecule has 35 heavy (non-hydrogen) atoms. The first kappa shape index (κ1) is 23.0. The molecule has 0 spiro atoms. The van der Waals surface area contributed by atoms with Gasteiger partial charge in [-0.1, -0.05) is 72.7 Å². The molecule has 0 unspecified atom stereocenters. The lowest BCUT2D eigenvalue weighted by Gasteiger charge is -2.35. The minimum absolute atomic E-state index is 0.00930. The average molecular weight is 472 g/mol. The van der Waals surface area contributed by atoms with E-state index in [1.807, 2.05) is 65.6 Å². The van der Waals surface area contributed by atoms with Crippen LogP contribution in [0.3, 0.4) is 0 Å². The van der Waals surface area contributed by atoms with E-state index >= 15 is 0 Å². The number of hydrogen-bond donors (Lipinski definition) is 0. The topological polar surface area (TPSA) is 84.6 Å². The van der Waals surface area contributed by atoms with Crippen LogP contribution in [0.4, 0.5) is 5.82 Å². The van der Waals surface area contributed by atoms with Crippen molar-refractivity contribution in [3.63, 3.8) is 0 Å². The van der Waals surface area contributed by atoms with E-state index in [9.17, 15) is 4.79 Å². The van der Waals surface area contributed by atoms with Gasteiger partial charge in [0.25, 0.3) is 5.71 Å². The molecule has 2 aromatic heterocycles. The number of rotatable bonds is 8. The number of nitrogens with zero attached hydrogens (tertiary/aromatic N) is 5. The highest BCUT2D eigenvalue weighted by Gasteiger charge is 2.27. The fraction of sp³-hybridized carbons (Fsp3) is 0.333. The third-order valence-corrected chi connectivity index (χ3v) is 6.15. The number of aromatic nitrogens is 3. The Morgan fingerprint density at radius 3 is 2.40 bits per heavy atom. The third kappa shape index (κ3) is 5.17. The van der Waals surface area contributed by atoms with Crippen LogP contribution in [0, 0.1) is 0 Å². The van der Waals surface area contributed by atoms with Gasteiger partial charge in [0.15, 0.2) is 0 Å². The lowest BCUT2D eigenvalue weighted by Crippen LogP contribution is -2.50. The van der Waals surface area contributed by atoms with Crippen LogP contribution in [0.25, 0.3) is 22.4 Å². The Morgan fingerprint density at radius 2 is 1.69 bits per heavy atom. The molecule has 0 aliphatic carbocycles. The molecule has 1 aliphatic rings. The number of ether oxygens (including phenoxy) is 1. The minimum atomic E-state index is 0.00930. The zero-order valence-electron chi connectivity index (χ0n) is 19.9. The summed E-state index contributed by atoms with van der Waals surface area (Å²) in [5.41, 5.74) is 3.27. The molecule has 1 saturated heterocycles. The van der Waals surface area contributed by atoms with Gasteiger partial charge in [0.05, 0.1) is 6.61 Å². The van der Waals surface area contributed by atoms with Crippen molar-refractivity contribution < 1.29 is 14.1 Å². The van der Waals surface area contributed by atoms with Gasteiger partial charge in [-0.25, -0.2) is 4.98 Å². The average Bonchev–Trinajstić information content (AvgIpc) is 3.34. The largest absolute Gasteiger partial charge is 0.367 e. The van der Waals surface area contributed by atoms with Crippen LogP contribution >= 0.6 is 0 Å². The van der Waals surface area contributed by atoms with Gasteiger partial charge >= 0.3 is 0 Å². The lowest BCUT2D eigenvalue weighted by molar-refractivity contribution is -0.136. The molecule has 2 aromatic carbocycles. The smallest absolute Gasteiger partial charge is 0.263 e. The number of carbonyl (C=O) groups excluding carboxylic acids is 1. The SMILES string of the molecule is CCCc1nc(N2CCN(C(=O)COCc3ccccc3)CC2)c2c(-c3ccccc3)noc2n1. The number of anilines is 1. The van der Waals surface area contributed by atoms with Gasteiger partial charge in [-0.05, 0) is 12.0 Å². The molecule has 5 rings (SSSR count). The molecule has 0 atom stereocenters. The molecule has 1 aliphatic heterocycles. The molecule has 0 saturated carbocycles. The van der Waals surface area contributed by atoms with Crippen molar-refractivity contribution in [1.82, 2.24) is 20.0 Å². The molecule has 0 N–H and O–H groups in total. The molecule has 3 heterocycles. The first-order chi connectivity index (χ1) is 17.2. The summed E-state index contributed by atoms with van der Waals surface area (Å²) < 4.78 is 11.3. The van der Waals surface area contributed by atoms with E-state index < -0.39 is 0 Å². The number of piperazine rings is 1. The Bertz CT molecular complexity index is 1270. The highest BCUT2D eigenvalue weighted by atomic mass is 16.5. The van der Waals surface area contributed by atoms with Gasteiger partial charge in [0, 0.05) is 38.2 Å². The van der Waals surface area contributed by atoms with Gasteiger partial charge in [0.2, 0.25) is 5.91 Å². The molecule has 4 aromatic rings. The van der Waals surface area contributed by atoms with Crippen molar-refractivity contribution in [3.8, 4) is 11.3 Å². The zero-order valence-corrected chi connectivity index (χ0v) is 19.9. The van der Waals surface area contributed by atoms with Crippen LogP contribution < -0.4 is 4.90 Å². The predicted molar refractivity (Wildman–Crippen MR) is 134 cm³/mol. The van der Waals surface area contributed by atoms with Crippen LogP contribution in [0.5, 0.6) is 0 Å². The maximum atomic E-state index is 12.7. The first-order valence-corrected chi connectivity index (χ1v) is 12.1. The Labute approximate surface area is 204 Å². The standard InChI is InChI=1S/C27H29N5O3/c1-2-9-22-28-26(24-25(30-35-27(24)29-22)21-12-7-4-8-13-21)32-16-14-31(15-17-32)23(33)19-34-18-20-10-5-3-6-11-20/h3-8,10-13H,2,9,14-19H2,1H3. The zero-order chi connectivity index (χ0) is 24.0. The summed E-state index contributed by atoms with van der Waals surface area (Å²) in [4.78, 5) is 26.3. The number of aryl methyl sites for hydroxylation is 1. The second-order valence-corrected chi connectivity index (χ2v) is 8.64. The molecule has 1 amide bonds. The van der Waals surface area contributed by atoms with Crippen LogP contribution in [0.1, 0.15) is 24.7 Å². The van der Waals surface area contributed by atoms with Crippen LogP contribution in [-0.2, 0) is 22.6 Å². The summed E-state index contributed by atoms with van der Waals surface area (Å²) in [5.74, 6) is 1.58. The molecule has 180 valence electrons. The van der Waals surface area contributed by atoms with E-state index in [0.29, 0.717) is 38.5 Å². The lowest BCUT2D eigenvalue weighted by atomic mass is 10.1. The normalized spacial score (nSPS) is 14.0. The predicted octanol–water partition coefficient (Wildman–Crippen LogP) is 4.10. The van der Waals surface area contributed by atoms with Crippen molar-refractivity contribution in [2.75, 3.05) is 37.7 Å². The first-order valence-electron chi connectivity index (χ1n) is 12.1. The van der Waals surface area contributed by atoms with Crippen molar-refractivity contribution in [2.24, 2.45) is 0 Å². The highest BCUT2D eigenvalue weighted by Crippen LogP contribution is 2.34. The Kier molecular flexibility index (Phi) is 6.99. The van der Waals surface area contributed by atoms with E-state index in [2.05, 4.69) is 22.0 Å². The van der Waals surface area contributed by atoms with E-state index in [0.717, 1.165) is 46.7 Å². The highest BCUT2D eigenvalue weighted by molar-refractivity contribution is 5.98. The summed E-state index contributed by atoms with van der Waals surface area (Å²) in [6.07, 6.45) is 1.71. The second-order valence-electron chi connectivity index (χ2n) is 8.64. The molecular formula is C27H29N5O3. The fourth-order valence-electron chi connectivity index (χ4n) is 4.33. The summed E-state index contributed by atoms with van der Waals surface area (Å²) in [6.45, 7) is 5.16. The van der Waals surface area contributed by atoms with E-state index in [-0.39, 0.29) is 12.5 Å². The molecule has 8 heteroatoms. The number of fused-ring (bicyclic) bond motifs is 1. The number of amides is 1. The number of hydrogen-bond acceptors (Lipinski definition) is 7. The Balaban J connectivity index is 1.30. The van der Waals surface area contributed by atoms with Gasteiger partial charge in [0.1, 0.15) is 29.3 Å². The van der Waals surface area contributed by atoms with Gasteiger partial charge in [-0.3, -0.25) is 4.79 Å². The van der Waals surface area contributed by atoms with Gasteiger partial charge in [-0.2, -0.15) is 4.98 Å². The summed E-state index contributed by atoms with van der Waals surface area (Å²) in [6, 6.07) is 19.8.